The standard InChI is InChI=1S/C11H17/c1-9(2)11(3,4)10-7-5-6-8-10/h5-9H,1-4H3. The Morgan fingerprint density at radius 2 is 1.55 bits per heavy atom. The average Bonchev–Trinajstić information content (AvgIpc) is 2.37. The van der Waals surface area contributed by atoms with Gasteiger partial charge in [0.15, 0.2) is 0 Å². The maximum atomic E-state index is 2.30. The Kier molecular flexibility index (Phi) is 2.61. The second kappa shape index (κ2) is 3.16. The molecule has 0 unspecified atom stereocenters. The maximum absolute atomic E-state index is 2.30. The van der Waals surface area contributed by atoms with E-state index in [1.165, 1.54) is 5.92 Å². The zero-order chi connectivity index (χ0) is 8.48. The van der Waals surface area contributed by atoms with Crippen molar-refractivity contribution in [3.8, 4) is 0 Å². The van der Waals surface area contributed by atoms with Crippen LogP contribution in [0.5, 0.6) is 0 Å². The minimum atomic E-state index is 0.323. The van der Waals surface area contributed by atoms with E-state index >= 15 is 0 Å². The van der Waals surface area contributed by atoms with Crippen LogP contribution in [0.1, 0.15) is 27.7 Å². The molecule has 0 aromatic rings. The molecule has 1 aliphatic carbocycles. The molecule has 1 aliphatic rings. The lowest BCUT2D eigenvalue weighted by Gasteiger charge is -2.34. The fourth-order valence-electron chi connectivity index (χ4n) is 1.14. The summed E-state index contributed by atoms with van der Waals surface area (Å²) in [6.45, 7) is 9.14. The molecule has 0 amide bonds. The second-order valence-corrected chi connectivity index (χ2v) is 4.05. The fraction of sp³-hybridized carbons (Fsp3) is 0.545. The normalized spacial score (nSPS) is 21.5. The van der Waals surface area contributed by atoms with E-state index in [9.17, 15) is 0 Å². The van der Waals surface area contributed by atoms with Crippen molar-refractivity contribution in [1.29, 1.82) is 0 Å². The highest BCUT2D eigenvalue weighted by molar-refractivity contribution is 5.39. The summed E-state index contributed by atoms with van der Waals surface area (Å²) in [5.74, 6) is 2.15. The molecule has 0 heterocycles. The van der Waals surface area contributed by atoms with E-state index in [2.05, 4.69) is 53.4 Å². The van der Waals surface area contributed by atoms with Crippen LogP contribution in [-0.2, 0) is 0 Å². The topological polar surface area (TPSA) is 0 Å². The molecule has 0 N–H and O–H groups in total. The highest BCUT2D eigenvalue weighted by Gasteiger charge is 2.35. The van der Waals surface area contributed by atoms with Gasteiger partial charge in [0.1, 0.15) is 0 Å². The van der Waals surface area contributed by atoms with E-state index in [4.69, 9.17) is 0 Å². The third kappa shape index (κ3) is 1.77. The predicted octanol–water partition coefficient (Wildman–Crippen LogP) is 3.07. The SMILES string of the molecule is CC(C)C(C)(C)[C]1[CH][CH][CH][CH]1. The third-order valence-corrected chi connectivity index (χ3v) is 2.85. The summed E-state index contributed by atoms with van der Waals surface area (Å²) in [6, 6.07) is 0. The first kappa shape index (κ1) is 9.09. The Morgan fingerprint density at radius 1 is 1.09 bits per heavy atom. The Hall–Kier alpha value is 0. The van der Waals surface area contributed by atoms with Crippen LogP contribution in [0.15, 0.2) is 0 Å². The zero-order valence-corrected chi connectivity index (χ0v) is 7.89. The monoisotopic (exact) mass is 149 g/mol. The van der Waals surface area contributed by atoms with Gasteiger partial charge < -0.3 is 0 Å². The quantitative estimate of drug-likeness (QED) is 0.566. The molecule has 11 heavy (non-hydrogen) atoms. The molecular weight excluding hydrogens is 132 g/mol. The Bertz CT molecular complexity index is 116. The molecule has 1 fully saturated rings. The minimum Gasteiger partial charge on any atom is -0.0622 e. The largest absolute Gasteiger partial charge is 0.0622 e. The van der Waals surface area contributed by atoms with Gasteiger partial charge in [-0.1, -0.05) is 27.7 Å². The third-order valence-electron chi connectivity index (χ3n) is 2.85. The average molecular weight is 149 g/mol. The molecular formula is C11H17. The second-order valence-electron chi connectivity index (χ2n) is 4.05. The van der Waals surface area contributed by atoms with Gasteiger partial charge >= 0.3 is 0 Å². The Morgan fingerprint density at radius 3 is 1.91 bits per heavy atom. The number of hydrogen-bond donors (Lipinski definition) is 0. The van der Waals surface area contributed by atoms with E-state index in [0.717, 1.165) is 0 Å². The van der Waals surface area contributed by atoms with Crippen molar-refractivity contribution >= 4 is 0 Å². The summed E-state index contributed by atoms with van der Waals surface area (Å²) in [6.07, 6.45) is 8.64. The van der Waals surface area contributed by atoms with Gasteiger partial charge in [-0.05, 0) is 42.9 Å². The van der Waals surface area contributed by atoms with Crippen molar-refractivity contribution in [3.63, 3.8) is 0 Å². The molecule has 1 rings (SSSR count). The van der Waals surface area contributed by atoms with Crippen molar-refractivity contribution in [3.05, 3.63) is 31.6 Å². The predicted molar refractivity (Wildman–Crippen MR) is 49.1 cm³/mol. The minimum absolute atomic E-state index is 0.323. The van der Waals surface area contributed by atoms with Gasteiger partial charge in [-0.3, -0.25) is 0 Å². The van der Waals surface area contributed by atoms with Gasteiger partial charge in [-0.15, -0.1) is 0 Å². The van der Waals surface area contributed by atoms with Crippen molar-refractivity contribution in [1.82, 2.24) is 0 Å². The highest BCUT2D eigenvalue weighted by atomic mass is 14.4. The molecule has 0 aromatic heterocycles. The van der Waals surface area contributed by atoms with Crippen molar-refractivity contribution in [2.45, 2.75) is 27.7 Å². The molecule has 0 heteroatoms. The first-order valence-electron chi connectivity index (χ1n) is 4.27. The van der Waals surface area contributed by atoms with Crippen LogP contribution in [-0.4, -0.2) is 0 Å². The summed E-state index contributed by atoms with van der Waals surface area (Å²) in [5.41, 5.74) is 0.323. The van der Waals surface area contributed by atoms with Crippen LogP contribution in [0.25, 0.3) is 0 Å². The van der Waals surface area contributed by atoms with Crippen molar-refractivity contribution in [2.75, 3.05) is 0 Å². The molecule has 0 atom stereocenters. The molecule has 0 aliphatic heterocycles. The van der Waals surface area contributed by atoms with Crippen molar-refractivity contribution < 1.29 is 0 Å². The smallest absolute Gasteiger partial charge is 0.0108 e. The van der Waals surface area contributed by atoms with E-state index in [-0.39, 0.29) is 0 Å². The van der Waals surface area contributed by atoms with Crippen LogP contribution in [0.2, 0.25) is 0 Å². The molecule has 0 bridgehead atoms. The van der Waals surface area contributed by atoms with E-state index in [1.54, 1.807) is 0 Å². The summed E-state index contributed by atoms with van der Waals surface area (Å²) in [5, 5.41) is 0. The highest BCUT2D eigenvalue weighted by Crippen LogP contribution is 2.43. The lowest BCUT2D eigenvalue weighted by atomic mass is 9.70. The van der Waals surface area contributed by atoms with E-state index < -0.39 is 0 Å². The number of rotatable bonds is 2. The summed E-state index contributed by atoms with van der Waals surface area (Å²) in [4.78, 5) is 0. The van der Waals surface area contributed by atoms with Gasteiger partial charge in [0.05, 0.1) is 0 Å². The summed E-state index contributed by atoms with van der Waals surface area (Å²) >= 11 is 0. The van der Waals surface area contributed by atoms with Gasteiger partial charge in [0.25, 0.3) is 0 Å². The van der Waals surface area contributed by atoms with E-state index in [0.29, 0.717) is 11.3 Å². The fourth-order valence-corrected chi connectivity index (χ4v) is 1.14. The lowest BCUT2D eigenvalue weighted by molar-refractivity contribution is 0.284. The number of hydrogen-bond acceptors (Lipinski definition) is 0. The van der Waals surface area contributed by atoms with Gasteiger partial charge in [-0.25, -0.2) is 0 Å². The molecule has 5 radical (unpaired) electrons. The summed E-state index contributed by atoms with van der Waals surface area (Å²) < 4.78 is 0. The van der Waals surface area contributed by atoms with Crippen molar-refractivity contribution in [2.24, 2.45) is 11.3 Å². The van der Waals surface area contributed by atoms with Gasteiger partial charge in [0.2, 0.25) is 0 Å². The first-order chi connectivity index (χ1) is 5.05. The summed E-state index contributed by atoms with van der Waals surface area (Å²) in [7, 11) is 0. The molecule has 0 spiro atoms. The molecule has 0 nitrogen and oxygen atoms in total. The maximum Gasteiger partial charge on any atom is -0.0108 e. The van der Waals surface area contributed by atoms with Gasteiger partial charge in [-0.2, -0.15) is 0 Å². The van der Waals surface area contributed by atoms with Crippen LogP contribution >= 0.6 is 0 Å². The molecule has 0 saturated heterocycles. The Balaban J connectivity index is 2.55. The zero-order valence-electron chi connectivity index (χ0n) is 7.89. The van der Waals surface area contributed by atoms with Crippen LogP contribution < -0.4 is 0 Å². The van der Waals surface area contributed by atoms with Crippen LogP contribution in [0.4, 0.5) is 0 Å². The Labute approximate surface area is 71.4 Å². The molecule has 0 aromatic carbocycles. The lowest BCUT2D eigenvalue weighted by Crippen LogP contribution is -2.26. The van der Waals surface area contributed by atoms with Crippen LogP contribution in [0, 0.1) is 42.9 Å². The molecule has 1 saturated carbocycles. The van der Waals surface area contributed by atoms with E-state index in [1.807, 2.05) is 0 Å². The first-order valence-corrected chi connectivity index (χ1v) is 4.27. The van der Waals surface area contributed by atoms with Gasteiger partial charge in [0, 0.05) is 0 Å². The van der Waals surface area contributed by atoms with Crippen LogP contribution in [0.3, 0.4) is 0 Å². The molecule has 61 valence electrons.